The zero-order valence-electron chi connectivity index (χ0n) is 6.36. The van der Waals surface area contributed by atoms with Gasteiger partial charge in [0.25, 0.3) is 0 Å². The van der Waals surface area contributed by atoms with E-state index in [1.807, 2.05) is 13.8 Å². The largest absolute Gasteiger partial charge is 0.512 e. The van der Waals surface area contributed by atoms with E-state index in [9.17, 15) is 0 Å². The summed E-state index contributed by atoms with van der Waals surface area (Å²) in [5.41, 5.74) is 1.92. The van der Waals surface area contributed by atoms with Crippen LogP contribution >= 0.6 is 0 Å². The van der Waals surface area contributed by atoms with Gasteiger partial charge in [0.05, 0.1) is 5.76 Å². The lowest BCUT2D eigenvalue weighted by atomic mass is 10.1. The van der Waals surface area contributed by atoms with Crippen LogP contribution in [-0.4, -0.2) is 5.11 Å². The van der Waals surface area contributed by atoms with Gasteiger partial charge in [-0.25, -0.2) is 0 Å². The second-order valence-electron chi connectivity index (χ2n) is 2.20. The van der Waals surface area contributed by atoms with Crippen molar-refractivity contribution in [3.05, 3.63) is 23.5 Å². The lowest BCUT2D eigenvalue weighted by Crippen LogP contribution is -1.86. The van der Waals surface area contributed by atoms with Gasteiger partial charge in [-0.3, -0.25) is 0 Å². The average molecular weight is 126 g/mol. The normalized spacial score (nSPS) is 12.8. The molecule has 0 saturated carbocycles. The maximum absolute atomic E-state index is 9.00. The Morgan fingerprint density at radius 3 is 1.89 bits per heavy atom. The zero-order chi connectivity index (χ0) is 7.44. The summed E-state index contributed by atoms with van der Waals surface area (Å²) in [6.45, 7) is 9.32. The summed E-state index contributed by atoms with van der Waals surface area (Å²) in [5.74, 6) is 0.394. The Morgan fingerprint density at radius 1 is 1.44 bits per heavy atom. The van der Waals surface area contributed by atoms with E-state index in [-0.39, 0.29) is 0 Å². The molecule has 1 nitrogen and oxygen atoms in total. The molecular formula is C8H14O. The third-order valence-electron chi connectivity index (χ3n) is 1.31. The van der Waals surface area contributed by atoms with E-state index in [0.29, 0.717) is 5.76 Å². The molecule has 0 bridgehead atoms. The van der Waals surface area contributed by atoms with Crippen molar-refractivity contribution in [2.45, 2.75) is 27.2 Å². The maximum Gasteiger partial charge on any atom is 0.0925 e. The zero-order valence-corrected chi connectivity index (χ0v) is 6.36. The van der Waals surface area contributed by atoms with Crippen LogP contribution in [-0.2, 0) is 0 Å². The fraction of sp³-hybridized carbons (Fsp3) is 0.500. The topological polar surface area (TPSA) is 20.2 Å². The fourth-order valence-electron chi connectivity index (χ4n) is 0.866. The highest BCUT2D eigenvalue weighted by atomic mass is 16.3. The van der Waals surface area contributed by atoms with Gasteiger partial charge in [0, 0.05) is 0 Å². The minimum Gasteiger partial charge on any atom is -0.512 e. The first-order valence-corrected chi connectivity index (χ1v) is 3.14. The summed E-state index contributed by atoms with van der Waals surface area (Å²) in [5, 5.41) is 9.00. The van der Waals surface area contributed by atoms with Gasteiger partial charge in [-0.1, -0.05) is 19.1 Å². The molecule has 0 aromatic carbocycles. The van der Waals surface area contributed by atoms with E-state index in [1.165, 1.54) is 0 Å². The molecule has 0 rings (SSSR count). The first-order valence-electron chi connectivity index (χ1n) is 3.14. The Bertz CT molecular complexity index is 139. The molecule has 0 aromatic rings. The molecular weight excluding hydrogens is 112 g/mol. The number of aliphatic hydroxyl groups is 1. The molecule has 0 aliphatic rings. The van der Waals surface area contributed by atoms with Crippen molar-refractivity contribution in [2.24, 2.45) is 0 Å². The average Bonchev–Trinajstić information content (AvgIpc) is 1.64. The van der Waals surface area contributed by atoms with Gasteiger partial charge in [0.1, 0.15) is 0 Å². The number of rotatable bonds is 2. The molecule has 0 amide bonds. The summed E-state index contributed by atoms with van der Waals surface area (Å²) in [6.07, 6.45) is 0.859. The van der Waals surface area contributed by atoms with Crippen molar-refractivity contribution >= 4 is 0 Å². The minimum absolute atomic E-state index is 0.394. The Balaban J connectivity index is 4.35. The van der Waals surface area contributed by atoms with Gasteiger partial charge in [0.2, 0.25) is 0 Å². The van der Waals surface area contributed by atoms with Crippen LogP contribution in [0.15, 0.2) is 23.5 Å². The summed E-state index contributed by atoms with van der Waals surface area (Å²) in [4.78, 5) is 0. The van der Waals surface area contributed by atoms with Crippen LogP contribution in [0.3, 0.4) is 0 Å². The van der Waals surface area contributed by atoms with Crippen molar-refractivity contribution in [1.82, 2.24) is 0 Å². The van der Waals surface area contributed by atoms with Crippen molar-refractivity contribution < 1.29 is 5.11 Å². The van der Waals surface area contributed by atoms with E-state index >= 15 is 0 Å². The number of aliphatic hydroxyl groups excluding tert-OH is 1. The predicted molar refractivity (Wildman–Crippen MR) is 40.4 cm³/mol. The predicted octanol–water partition coefficient (Wildman–Crippen LogP) is 2.80. The summed E-state index contributed by atoms with van der Waals surface area (Å²) in [6, 6.07) is 0. The molecule has 0 aliphatic heterocycles. The minimum atomic E-state index is 0.394. The molecule has 52 valence electrons. The highest BCUT2D eigenvalue weighted by Crippen LogP contribution is 2.13. The molecule has 0 aromatic heterocycles. The number of allylic oxidation sites excluding steroid dienone is 3. The van der Waals surface area contributed by atoms with Crippen LogP contribution in [0.2, 0.25) is 0 Å². The molecule has 0 unspecified atom stereocenters. The third kappa shape index (κ3) is 2.36. The second-order valence-corrected chi connectivity index (χ2v) is 2.20. The van der Waals surface area contributed by atoms with Crippen molar-refractivity contribution in [2.75, 3.05) is 0 Å². The second kappa shape index (κ2) is 3.33. The Labute approximate surface area is 56.7 Å². The lowest BCUT2D eigenvalue weighted by Gasteiger charge is -2.02. The van der Waals surface area contributed by atoms with Crippen LogP contribution in [0.1, 0.15) is 27.2 Å². The molecule has 0 spiro atoms. The molecule has 0 heterocycles. The van der Waals surface area contributed by atoms with Gasteiger partial charge < -0.3 is 5.11 Å². The molecule has 0 fully saturated rings. The van der Waals surface area contributed by atoms with Crippen LogP contribution in [0, 0.1) is 0 Å². The van der Waals surface area contributed by atoms with Crippen molar-refractivity contribution in [3.63, 3.8) is 0 Å². The van der Waals surface area contributed by atoms with E-state index in [1.54, 1.807) is 6.92 Å². The van der Waals surface area contributed by atoms with Crippen molar-refractivity contribution in [3.8, 4) is 0 Å². The first kappa shape index (κ1) is 8.28. The van der Waals surface area contributed by atoms with E-state index in [0.717, 1.165) is 17.6 Å². The van der Waals surface area contributed by atoms with Crippen molar-refractivity contribution in [1.29, 1.82) is 0 Å². The first-order chi connectivity index (χ1) is 4.09. The summed E-state index contributed by atoms with van der Waals surface area (Å²) >= 11 is 0. The molecule has 0 aliphatic carbocycles. The van der Waals surface area contributed by atoms with Crippen LogP contribution < -0.4 is 0 Å². The van der Waals surface area contributed by atoms with Crippen LogP contribution in [0.4, 0.5) is 0 Å². The van der Waals surface area contributed by atoms with Gasteiger partial charge in [-0.15, -0.1) is 0 Å². The Morgan fingerprint density at radius 2 is 1.89 bits per heavy atom. The number of hydrogen-bond acceptors (Lipinski definition) is 1. The lowest BCUT2D eigenvalue weighted by molar-refractivity contribution is 0.406. The number of hydrogen-bond donors (Lipinski definition) is 1. The molecule has 1 heteroatoms. The Kier molecular flexibility index (Phi) is 3.07. The van der Waals surface area contributed by atoms with Crippen LogP contribution in [0.25, 0.3) is 0 Å². The highest BCUT2D eigenvalue weighted by molar-refractivity contribution is 5.27. The quantitative estimate of drug-likeness (QED) is 0.445. The highest BCUT2D eigenvalue weighted by Gasteiger charge is 1.97. The molecule has 0 saturated heterocycles. The molecule has 9 heavy (non-hydrogen) atoms. The summed E-state index contributed by atoms with van der Waals surface area (Å²) < 4.78 is 0. The smallest absolute Gasteiger partial charge is 0.0925 e. The Hall–Kier alpha value is -0.720. The standard InChI is InChI=1S/C8H14O/c1-5-8(6(2)3)7(4)9/h9H,2,5H2,1,3-4H3/b8-7-. The summed E-state index contributed by atoms with van der Waals surface area (Å²) in [7, 11) is 0. The molecule has 0 radical (unpaired) electrons. The van der Waals surface area contributed by atoms with E-state index < -0.39 is 0 Å². The third-order valence-corrected chi connectivity index (χ3v) is 1.31. The van der Waals surface area contributed by atoms with Gasteiger partial charge in [0.15, 0.2) is 0 Å². The van der Waals surface area contributed by atoms with Gasteiger partial charge in [-0.05, 0) is 25.8 Å². The SMILES string of the molecule is C=C(C)/C(CC)=C(/C)O. The van der Waals surface area contributed by atoms with E-state index in [2.05, 4.69) is 6.58 Å². The molecule has 0 atom stereocenters. The monoisotopic (exact) mass is 126 g/mol. The molecule has 1 N–H and O–H groups in total. The van der Waals surface area contributed by atoms with Crippen LogP contribution in [0.5, 0.6) is 0 Å². The van der Waals surface area contributed by atoms with Gasteiger partial charge in [-0.2, -0.15) is 0 Å². The fourth-order valence-corrected chi connectivity index (χ4v) is 0.866. The van der Waals surface area contributed by atoms with E-state index in [4.69, 9.17) is 5.11 Å². The maximum atomic E-state index is 9.00. The van der Waals surface area contributed by atoms with Gasteiger partial charge >= 0.3 is 0 Å².